The number of carbonyl (C=O) groups excluding carboxylic acids is 1. The van der Waals surface area contributed by atoms with Crippen molar-refractivity contribution >= 4 is 11.8 Å². The van der Waals surface area contributed by atoms with Crippen LogP contribution in [0.5, 0.6) is 0 Å². The standard InChI is InChI=1S/C19H30N4O2/c1-19(14-24,16-7-8-16)22-18(25)21-13-15-6-9-17(20-12-15)23-10-4-2-3-5-11-23/h6,9,12,16,24H,2-5,7-8,10-11,13-14H2,1H3,(H2,21,22,25)/t19-/m0/s1. The Morgan fingerprint density at radius 1 is 1.28 bits per heavy atom. The molecule has 2 aliphatic rings. The second kappa shape index (κ2) is 8.04. The Bertz CT molecular complexity index is 565. The van der Waals surface area contributed by atoms with E-state index in [0.29, 0.717) is 12.5 Å². The molecule has 3 rings (SSSR count). The van der Waals surface area contributed by atoms with Crippen LogP contribution in [0.1, 0.15) is 51.0 Å². The van der Waals surface area contributed by atoms with Crippen molar-refractivity contribution in [3.05, 3.63) is 23.9 Å². The summed E-state index contributed by atoms with van der Waals surface area (Å²) in [7, 11) is 0. The molecule has 0 bridgehead atoms. The number of rotatable bonds is 6. The molecular weight excluding hydrogens is 316 g/mol. The van der Waals surface area contributed by atoms with E-state index in [1.807, 2.05) is 25.3 Å². The zero-order chi connectivity index (χ0) is 17.7. The van der Waals surface area contributed by atoms with Gasteiger partial charge in [-0.2, -0.15) is 0 Å². The summed E-state index contributed by atoms with van der Waals surface area (Å²) >= 11 is 0. The number of carbonyl (C=O) groups is 1. The molecule has 2 amide bonds. The van der Waals surface area contributed by atoms with Gasteiger partial charge in [-0.3, -0.25) is 0 Å². The number of pyridine rings is 1. The molecule has 0 unspecified atom stereocenters. The van der Waals surface area contributed by atoms with Gasteiger partial charge in [0.05, 0.1) is 12.1 Å². The van der Waals surface area contributed by atoms with Crippen molar-refractivity contribution < 1.29 is 9.90 Å². The molecule has 0 radical (unpaired) electrons. The zero-order valence-corrected chi connectivity index (χ0v) is 15.1. The van der Waals surface area contributed by atoms with E-state index < -0.39 is 5.54 Å². The van der Waals surface area contributed by atoms with Crippen LogP contribution in [0, 0.1) is 5.92 Å². The van der Waals surface area contributed by atoms with Crippen LogP contribution in [-0.2, 0) is 6.54 Å². The first-order chi connectivity index (χ1) is 12.1. The van der Waals surface area contributed by atoms with Gasteiger partial charge in [-0.1, -0.05) is 18.9 Å². The Morgan fingerprint density at radius 3 is 2.56 bits per heavy atom. The lowest BCUT2D eigenvalue weighted by Crippen LogP contribution is -2.53. The first kappa shape index (κ1) is 18.0. The number of hydrogen-bond acceptors (Lipinski definition) is 4. The summed E-state index contributed by atoms with van der Waals surface area (Å²) < 4.78 is 0. The molecule has 2 fully saturated rings. The fraction of sp³-hybridized carbons (Fsp3) is 0.684. The maximum atomic E-state index is 12.1. The van der Waals surface area contributed by atoms with Crippen molar-refractivity contribution in [3.8, 4) is 0 Å². The number of aliphatic hydroxyl groups excluding tert-OH is 1. The van der Waals surface area contributed by atoms with Gasteiger partial charge in [0, 0.05) is 25.8 Å². The summed E-state index contributed by atoms with van der Waals surface area (Å²) in [4.78, 5) is 19.0. The first-order valence-corrected chi connectivity index (χ1v) is 9.47. The van der Waals surface area contributed by atoms with Crippen molar-refractivity contribution in [2.24, 2.45) is 5.92 Å². The lowest BCUT2D eigenvalue weighted by atomic mass is 9.97. The van der Waals surface area contributed by atoms with Gasteiger partial charge < -0.3 is 20.6 Å². The quantitative estimate of drug-likeness (QED) is 0.739. The summed E-state index contributed by atoms with van der Waals surface area (Å²) in [5.74, 6) is 1.41. The van der Waals surface area contributed by atoms with E-state index in [1.165, 1.54) is 25.7 Å². The van der Waals surface area contributed by atoms with Gasteiger partial charge in [0.15, 0.2) is 0 Å². The molecule has 1 saturated heterocycles. The molecule has 3 N–H and O–H groups in total. The number of nitrogens with zero attached hydrogens (tertiary/aromatic N) is 2. The molecule has 1 atom stereocenters. The van der Waals surface area contributed by atoms with E-state index in [2.05, 4.69) is 20.5 Å². The van der Waals surface area contributed by atoms with Gasteiger partial charge in [0.1, 0.15) is 5.82 Å². The van der Waals surface area contributed by atoms with E-state index in [4.69, 9.17) is 0 Å². The summed E-state index contributed by atoms with van der Waals surface area (Å²) in [6.07, 6.45) is 9.05. The van der Waals surface area contributed by atoms with Crippen molar-refractivity contribution in [1.29, 1.82) is 0 Å². The van der Waals surface area contributed by atoms with E-state index in [1.54, 1.807) is 0 Å². The highest BCUT2D eigenvalue weighted by atomic mass is 16.3. The first-order valence-electron chi connectivity index (χ1n) is 9.47. The molecule has 1 aromatic heterocycles. The van der Waals surface area contributed by atoms with Gasteiger partial charge in [0.25, 0.3) is 0 Å². The highest BCUT2D eigenvalue weighted by molar-refractivity contribution is 5.74. The Hall–Kier alpha value is -1.82. The molecule has 1 saturated carbocycles. The highest BCUT2D eigenvalue weighted by Crippen LogP contribution is 2.39. The largest absolute Gasteiger partial charge is 0.394 e. The molecule has 0 aromatic carbocycles. The molecule has 6 nitrogen and oxygen atoms in total. The SMILES string of the molecule is C[C@@](CO)(NC(=O)NCc1ccc(N2CCCCCC2)nc1)C1CC1. The number of anilines is 1. The molecule has 2 heterocycles. The number of urea groups is 1. The third-order valence-electron chi connectivity index (χ3n) is 5.40. The van der Waals surface area contributed by atoms with Crippen molar-refractivity contribution in [1.82, 2.24) is 15.6 Å². The number of aromatic nitrogens is 1. The monoisotopic (exact) mass is 346 g/mol. The Balaban J connectivity index is 1.48. The van der Waals surface area contributed by atoms with Gasteiger partial charge in [-0.05, 0) is 50.2 Å². The number of aliphatic hydroxyl groups is 1. The van der Waals surface area contributed by atoms with E-state index in [9.17, 15) is 9.90 Å². The molecule has 6 heteroatoms. The number of nitrogens with one attached hydrogen (secondary N) is 2. The fourth-order valence-corrected chi connectivity index (χ4v) is 3.49. The van der Waals surface area contributed by atoms with Gasteiger partial charge >= 0.3 is 6.03 Å². The smallest absolute Gasteiger partial charge is 0.315 e. The fourth-order valence-electron chi connectivity index (χ4n) is 3.49. The molecular formula is C19H30N4O2. The van der Waals surface area contributed by atoms with E-state index in [0.717, 1.165) is 37.3 Å². The van der Waals surface area contributed by atoms with Crippen LogP contribution >= 0.6 is 0 Å². The predicted molar refractivity (Wildman–Crippen MR) is 98.5 cm³/mol. The van der Waals surface area contributed by atoms with Crippen LogP contribution in [0.4, 0.5) is 10.6 Å². The molecule has 0 spiro atoms. The Morgan fingerprint density at radius 2 is 2.00 bits per heavy atom. The summed E-state index contributed by atoms with van der Waals surface area (Å²) in [5, 5.41) is 15.3. The molecule has 138 valence electrons. The van der Waals surface area contributed by atoms with Crippen LogP contribution in [0.2, 0.25) is 0 Å². The minimum absolute atomic E-state index is 0.0306. The van der Waals surface area contributed by atoms with Crippen molar-refractivity contribution in [2.45, 2.75) is 57.5 Å². The second-order valence-electron chi connectivity index (χ2n) is 7.58. The molecule has 1 aromatic rings. The second-order valence-corrected chi connectivity index (χ2v) is 7.58. The molecule has 1 aliphatic heterocycles. The summed E-state index contributed by atoms with van der Waals surface area (Å²) in [6, 6.07) is 3.84. The average Bonchev–Trinajstić information content (AvgIpc) is 3.47. The van der Waals surface area contributed by atoms with Gasteiger partial charge in [0.2, 0.25) is 0 Å². The maximum Gasteiger partial charge on any atom is 0.315 e. The third kappa shape index (κ3) is 4.84. The molecule has 25 heavy (non-hydrogen) atoms. The minimum atomic E-state index is -0.515. The van der Waals surface area contributed by atoms with E-state index in [-0.39, 0.29) is 12.6 Å². The van der Waals surface area contributed by atoms with Crippen molar-refractivity contribution in [3.63, 3.8) is 0 Å². The average molecular weight is 346 g/mol. The zero-order valence-electron chi connectivity index (χ0n) is 15.1. The maximum absolute atomic E-state index is 12.1. The van der Waals surface area contributed by atoms with E-state index >= 15 is 0 Å². The lowest BCUT2D eigenvalue weighted by molar-refractivity contribution is 0.155. The lowest BCUT2D eigenvalue weighted by Gasteiger charge is -2.28. The van der Waals surface area contributed by atoms with Gasteiger partial charge in [-0.15, -0.1) is 0 Å². The van der Waals surface area contributed by atoms with Crippen molar-refractivity contribution in [2.75, 3.05) is 24.6 Å². The van der Waals surface area contributed by atoms with Crippen LogP contribution in [0.15, 0.2) is 18.3 Å². The Kier molecular flexibility index (Phi) is 5.78. The van der Waals surface area contributed by atoms with Crippen LogP contribution in [0.25, 0.3) is 0 Å². The summed E-state index contributed by atoms with van der Waals surface area (Å²) in [5.41, 5.74) is 0.463. The minimum Gasteiger partial charge on any atom is -0.394 e. The third-order valence-corrected chi connectivity index (χ3v) is 5.40. The highest BCUT2D eigenvalue weighted by Gasteiger charge is 2.42. The number of amides is 2. The van der Waals surface area contributed by atoms with Crippen LogP contribution in [-0.4, -0.2) is 41.4 Å². The normalized spacial score (nSPS) is 20.5. The molecule has 1 aliphatic carbocycles. The van der Waals surface area contributed by atoms with Gasteiger partial charge in [-0.25, -0.2) is 9.78 Å². The topological polar surface area (TPSA) is 77.5 Å². The Labute approximate surface area is 150 Å². The summed E-state index contributed by atoms with van der Waals surface area (Å²) in [6.45, 7) is 4.46. The van der Waals surface area contributed by atoms with Crippen LogP contribution in [0.3, 0.4) is 0 Å². The predicted octanol–water partition coefficient (Wildman–Crippen LogP) is 2.42. The number of hydrogen-bond donors (Lipinski definition) is 3. The van der Waals surface area contributed by atoms with Crippen LogP contribution < -0.4 is 15.5 Å².